The second-order valence-electron chi connectivity index (χ2n) is 3.87. The molecule has 15 heavy (non-hydrogen) atoms. The van der Waals surface area contributed by atoms with Gasteiger partial charge in [0.05, 0.1) is 18.4 Å². The molecule has 3 heteroatoms. The summed E-state index contributed by atoms with van der Waals surface area (Å²) >= 11 is 0. The highest BCUT2D eigenvalue weighted by Gasteiger charge is 2.34. The molecule has 0 fully saturated rings. The Kier molecular flexibility index (Phi) is 2.20. The van der Waals surface area contributed by atoms with Crippen LogP contribution in [0.5, 0.6) is 0 Å². The fourth-order valence-electron chi connectivity index (χ4n) is 2.03. The number of amides is 1. The number of hydrogen-bond acceptors (Lipinski definition) is 2. The third-order valence-electron chi connectivity index (χ3n) is 2.84. The van der Waals surface area contributed by atoms with E-state index in [0.717, 1.165) is 16.8 Å². The number of benzene rings is 1. The second kappa shape index (κ2) is 3.39. The predicted octanol–water partition coefficient (Wildman–Crippen LogP) is 1.97. The summed E-state index contributed by atoms with van der Waals surface area (Å²) in [4.78, 5) is 13.5. The van der Waals surface area contributed by atoms with E-state index >= 15 is 0 Å². The van der Waals surface area contributed by atoms with Gasteiger partial charge in [0, 0.05) is 12.7 Å². The third kappa shape index (κ3) is 1.39. The fourth-order valence-corrected chi connectivity index (χ4v) is 2.03. The van der Waals surface area contributed by atoms with Gasteiger partial charge in [-0.1, -0.05) is 17.7 Å². The van der Waals surface area contributed by atoms with E-state index in [4.69, 9.17) is 5.26 Å². The molecule has 0 saturated heterocycles. The van der Waals surface area contributed by atoms with Gasteiger partial charge in [0.15, 0.2) is 0 Å². The molecular formula is C12H12N2O. The number of likely N-dealkylation sites (N-methyl/N-ethyl adjacent to an activating group) is 1. The Morgan fingerprint density at radius 1 is 1.53 bits per heavy atom. The van der Waals surface area contributed by atoms with Gasteiger partial charge in [0.2, 0.25) is 5.91 Å². The zero-order valence-corrected chi connectivity index (χ0v) is 8.82. The minimum Gasteiger partial charge on any atom is -0.315 e. The Hall–Kier alpha value is -1.82. The lowest BCUT2D eigenvalue weighted by molar-refractivity contribution is -0.118. The molecule has 1 aliphatic heterocycles. The van der Waals surface area contributed by atoms with Gasteiger partial charge in [-0.15, -0.1) is 0 Å². The fraction of sp³-hybridized carbons (Fsp3) is 0.333. The van der Waals surface area contributed by atoms with E-state index in [1.165, 1.54) is 0 Å². The number of fused-ring (bicyclic) bond motifs is 1. The SMILES string of the molecule is Cc1ccc2c(c1)[C@@H](CC#N)C(=O)N2C. The highest BCUT2D eigenvalue weighted by atomic mass is 16.2. The lowest BCUT2D eigenvalue weighted by Gasteiger charge is -2.09. The summed E-state index contributed by atoms with van der Waals surface area (Å²) in [5.41, 5.74) is 3.05. The molecule has 1 aliphatic rings. The van der Waals surface area contributed by atoms with Crippen LogP contribution < -0.4 is 4.90 Å². The Labute approximate surface area is 88.9 Å². The molecule has 1 amide bonds. The van der Waals surface area contributed by atoms with E-state index in [9.17, 15) is 4.79 Å². The molecule has 0 saturated carbocycles. The molecule has 0 aliphatic carbocycles. The van der Waals surface area contributed by atoms with Crippen LogP contribution in [-0.2, 0) is 4.79 Å². The van der Waals surface area contributed by atoms with Gasteiger partial charge in [-0.05, 0) is 18.6 Å². The molecule has 0 bridgehead atoms. The number of carbonyl (C=O) groups excluding carboxylic acids is 1. The highest BCUT2D eigenvalue weighted by molar-refractivity contribution is 6.04. The number of aryl methyl sites for hydroxylation is 1. The maximum absolute atomic E-state index is 11.8. The van der Waals surface area contributed by atoms with E-state index in [-0.39, 0.29) is 18.2 Å². The van der Waals surface area contributed by atoms with Gasteiger partial charge < -0.3 is 4.90 Å². The van der Waals surface area contributed by atoms with Crippen molar-refractivity contribution in [2.75, 3.05) is 11.9 Å². The predicted molar refractivity (Wildman–Crippen MR) is 57.6 cm³/mol. The van der Waals surface area contributed by atoms with E-state index in [1.54, 1.807) is 11.9 Å². The quantitative estimate of drug-likeness (QED) is 0.695. The van der Waals surface area contributed by atoms with Crippen LogP contribution in [0.3, 0.4) is 0 Å². The molecule has 3 nitrogen and oxygen atoms in total. The molecule has 0 spiro atoms. The van der Waals surface area contributed by atoms with Crippen molar-refractivity contribution in [1.29, 1.82) is 5.26 Å². The smallest absolute Gasteiger partial charge is 0.235 e. The topological polar surface area (TPSA) is 44.1 Å². The van der Waals surface area contributed by atoms with Crippen molar-refractivity contribution in [3.8, 4) is 6.07 Å². The lowest BCUT2D eigenvalue weighted by Crippen LogP contribution is -2.23. The first-order valence-corrected chi connectivity index (χ1v) is 4.90. The number of anilines is 1. The third-order valence-corrected chi connectivity index (χ3v) is 2.84. The molecular weight excluding hydrogens is 188 g/mol. The molecule has 1 aromatic rings. The summed E-state index contributed by atoms with van der Waals surface area (Å²) in [5, 5.41) is 8.70. The summed E-state index contributed by atoms with van der Waals surface area (Å²) in [6.45, 7) is 1.99. The van der Waals surface area contributed by atoms with Crippen molar-refractivity contribution < 1.29 is 4.79 Å². The standard InChI is InChI=1S/C12H12N2O/c1-8-3-4-11-10(7-8)9(5-6-13)12(15)14(11)2/h3-4,7,9H,5H2,1-2H3/t9-/m1/s1. The maximum Gasteiger partial charge on any atom is 0.235 e. The Bertz CT molecular complexity index is 459. The molecule has 0 N–H and O–H groups in total. The Morgan fingerprint density at radius 3 is 2.93 bits per heavy atom. The van der Waals surface area contributed by atoms with Crippen LogP contribution in [0.1, 0.15) is 23.5 Å². The first-order valence-electron chi connectivity index (χ1n) is 4.90. The summed E-state index contributed by atoms with van der Waals surface area (Å²) in [7, 11) is 1.76. The van der Waals surface area contributed by atoms with E-state index < -0.39 is 0 Å². The summed E-state index contributed by atoms with van der Waals surface area (Å²) in [6.07, 6.45) is 0.264. The Balaban J connectivity index is 2.52. The van der Waals surface area contributed by atoms with Crippen molar-refractivity contribution in [2.45, 2.75) is 19.3 Å². The highest BCUT2D eigenvalue weighted by Crippen LogP contribution is 2.38. The molecule has 1 heterocycles. The van der Waals surface area contributed by atoms with Gasteiger partial charge in [0.25, 0.3) is 0 Å². The van der Waals surface area contributed by atoms with Crippen LogP contribution in [0.4, 0.5) is 5.69 Å². The van der Waals surface area contributed by atoms with E-state index in [1.807, 2.05) is 25.1 Å². The van der Waals surface area contributed by atoms with Crippen molar-refractivity contribution in [1.82, 2.24) is 0 Å². The van der Waals surface area contributed by atoms with Crippen LogP contribution in [0.25, 0.3) is 0 Å². The first kappa shape index (κ1) is 9.72. The minimum atomic E-state index is -0.269. The van der Waals surface area contributed by atoms with Crippen LogP contribution in [0.2, 0.25) is 0 Å². The van der Waals surface area contributed by atoms with Gasteiger partial charge in [-0.2, -0.15) is 5.26 Å². The van der Waals surface area contributed by atoms with Crippen molar-refractivity contribution >= 4 is 11.6 Å². The number of hydrogen-bond donors (Lipinski definition) is 0. The summed E-state index contributed by atoms with van der Waals surface area (Å²) in [5.74, 6) is -0.243. The lowest BCUT2D eigenvalue weighted by atomic mass is 9.96. The second-order valence-corrected chi connectivity index (χ2v) is 3.87. The minimum absolute atomic E-state index is 0.0251. The summed E-state index contributed by atoms with van der Waals surface area (Å²) in [6, 6.07) is 8.00. The molecule has 0 radical (unpaired) electrons. The monoisotopic (exact) mass is 200 g/mol. The van der Waals surface area contributed by atoms with Gasteiger partial charge in [-0.3, -0.25) is 4.79 Å². The van der Waals surface area contributed by atoms with Gasteiger partial charge >= 0.3 is 0 Å². The molecule has 2 rings (SSSR count). The molecule has 0 aromatic heterocycles. The Morgan fingerprint density at radius 2 is 2.27 bits per heavy atom. The average Bonchev–Trinajstić information content (AvgIpc) is 2.44. The normalized spacial score (nSPS) is 18.9. The zero-order valence-electron chi connectivity index (χ0n) is 8.82. The maximum atomic E-state index is 11.8. The van der Waals surface area contributed by atoms with Crippen LogP contribution >= 0.6 is 0 Å². The first-order chi connectivity index (χ1) is 7.15. The van der Waals surface area contributed by atoms with E-state index in [0.29, 0.717) is 0 Å². The molecule has 0 unspecified atom stereocenters. The average molecular weight is 200 g/mol. The van der Waals surface area contributed by atoms with Crippen LogP contribution in [0, 0.1) is 18.3 Å². The van der Waals surface area contributed by atoms with Gasteiger partial charge in [-0.25, -0.2) is 0 Å². The number of rotatable bonds is 1. The largest absolute Gasteiger partial charge is 0.315 e. The summed E-state index contributed by atoms with van der Waals surface area (Å²) < 4.78 is 0. The number of nitriles is 1. The van der Waals surface area contributed by atoms with Crippen molar-refractivity contribution in [3.63, 3.8) is 0 Å². The number of nitrogens with zero attached hydrogens (tertiary/aromatic N) is 2. The number of carbonyl (C=O) groups is 1. The van der Waals surface area contributed by atoms with Crippen LogP contribution in [-0.4, -0.2) is 13.0 Å². The van der Waals surface area contributed by atoms with E-state index in [2.05, 4.69) is 6.07 Å². The van der Waals surface area contributed by atoms with Crippen LogP contribution in [0.15, 0.2) is 18.2 Å². The molecule has 76 valence electrons. The van der Waals surface area contributed by atoms with Crippen molar-refractivity contribution in [2.24, 2.45) is 0 Å². The molecule has 1 atom stereocenters. The molecule has 1 aromatic carbocycles. The zero-order chi connectivity index (χ0) is 11.0. The van der Waals surface area contributed by atoms with Gasteiger partial charge in [0.1, 0.15) is 0 Å². The van der Waals surface area contributed by atoms with Crippen molar-refractivity contribution in [3.05, 3.63) is 29.3 Å².